The third-order valence-electron chi connectivity index (χ3n) is 6.51. The van der Waals surface area contributed by atoms with E-state index in [4.69, 9.17) is 4.74 Å². The molecule has 118 valence electrons. The molecule has 4 rings (SSSR count). The van der Waals surface area contributed by atoms with Crippen molar-refractivity contribution in [3.05, 3.63) is 23.8 Å². The lowest BCUT2D eigenvalue weighted by Gasteiger charge is -2.48. The van der Waals surface area contributed by atoms with Gasteiger partial charge < -0.3 is 4.74 Å². The van der Waals surface area contributed by atoms with Gasteiger partial charge in [-0.15, -0.1) is 0 Å². The van der Waals surface area contributed by atoms with Gasteiger partial charge in [-0.25, -0.2) is 0 Å². The van der Waals surface area contributed by atoms with Gasteiger partial charge in [-0.3, -0.25) is 9.59 Å². The number of allylic oxidation sites excluding steroid dienone is 4. The first kappa shape index (κ1) is 14.2. The summed E-state index contributed by atoms with van der Waals surface area (Å²) >= 11 is 0. The van der Waals surface area contributed by atoms with E-state index in [-0.39, 0.29) is 17.9 Å². The Labute approximate surface area is 131 Å². The van der Waals surface area contributed by atoms with Crippen molar-refractivity contribution in [2.45, 2.75) is 51.6 Å². The molecule has 4 aliphatic carbocycles. The van der Waals surface area contributed by atoms with Crippen molar-refractivity contribution in [3.8, 4) is 0 Å². The average Bonchev–Trinajstić information content (AvgIpc) is 2.89. The lowest BCUT2D eigenvalue weighted by atomic mass is 9.57. The van der Waals surface area contributed by atoms with Crippen molar-refractivity contribution < 1.29 is 14.3 Å². The van der Waals surface area contributed by atoms with Crippen LogP contribution in [0.15, 0.2) is 23.8 Å². The third kappa shape index (κ3) is 2.26. The number of hydrogen-bond acceptors (Lipinski definition) is 3. The number of ketones is 1. The molecule has 3 heteroatoms. The Balaban J connectivity index is 1.53. The summed E-state index contributed by atoms with van der Waals surface area (Å²) in [6.07, 6.45) is 12.9. The van der Waals surface area contributed by atoms with E-state index in [2.05, 4.69) is 6.08 Å². The first-order chi connectivity index (χ1) is 10.6. The van der Waals surface area contributed by atoms with Gasteiger partial charge in [-0.1, -0.05) is 11.6 Å². The second kappa shape index (κ2) is 5.36. The molecule has 0 aromatic rings. The van der Waals surface area contributed by atoms with Crippen LogP contribution in [0.2, 0.25) is 0 Å². The molecular weight excluding hydrogens is 276 g/mol. The van der Waals surface area contributed by atoms with Crippen molar-refractivity contribution in [2.75, 3.05) is 0 Å². The molecule has 0 aliphatic heterocycles. The van der Waals surface area contributed by atoms with E-state index < -0.39 is 0 Å². The van der Waals surface area contributed by atoms with Crippen molar-refractivity contribution in [1.29, 1.82) is 0 Å². The maximum atomic E-state index is 11.6. The molecule has 22 heavy (non-hydrogen) atoms. The Morgan fingerprint density at radius 2 is 1.77 bits per heavy atom. The molecule has 0 aromatic carbocycles. The summed E-state index contributed by atoms with van der Waals surface area (Å²) in [5.74, 6) is 3.26. The van der Waals surface area contributed by atoms with Gasteiger partial charge in [0.05, 0.1) is 0 Å². The summed E-state index contributed by atoms with van der Waals surface area (Å²) in [6.45, 7) is 1.53. The highest BCUT2D eigenvalue weighted by molar-refractivity contribution is 6.00. The number of hydrogen-bond donors (Lipinski definition) is 0. The van der Waals surface area contributed by atoms with Crippen molar-refractivity contribution in [1.82, 2.24) is 0 Å². The number of carbonyl (C=O) groups excluding carboxylic acids is 2. The fourth-order valence-electron chi connectivity index (χ4n) is 5.78. The van der Waals surface area contributed by atoms with Gasteiger partial charge in [0.25, 0.3) is 0 Å². The van der Waals surface area contributed by atoms with Crippen LogP contribution in [0.25, 0.3) is 0 Å². The van der Waals surface area contributed by atoms with E-state index in [0.717, 1.165) is 24.7 Å². The molecule has 0 heterocycles. The van der Waals surface area contributed by atoms with Gasteiger partial charge in [0, 0.05) is 12.8 Å². The monoisotopic (exact) mass is 300 g/mol. The predicted octanol–water partition coefficient (Wildman–Crippen LogP) is 3.45. The van der Waals surface area contributed by atoms with Crippen LogP contribution in [-0.4, -0.2) is 17.9 Å². The minimum absolute atomic E-state index is 0.129. The van der Waals surface area contributed by atoms with Crippen molar-refractivity contribution in [3.63, 3.8) is 0 Å². The number of esters is 1. The van der Waals surface area contributed by atoms with E-state index in [1.54, 1.807) is 6.08 Å². The molecule has 0 bridgehead atoms. The minimum atomic E-state index is -0.129. The number of rotatable bonds is 1. The normalized spacial score (nSPS) is 43.0. The van der Waals surface area contributed by atoms with Crippen LogP contribution in [-0.2, 0) is 14.3 Å². The Morgan fingerprint density at radius 1 is 1.05 bits per heavy atom. The third-order valence-corrected chi connectivity index (χ3v) is 6.51. The highest BCUT2D eigenvalue weighted by atomic mass is 16.5. The van der Waals surface area contributed by atoms with E-state index in [9.17, 15) is 9.59 Å². The zero-order chi connectivity index (χ0) is 15.3. The summed E-state index contributed by atoms with van der Waals surface area (Å²) in [5.41, 5.74) is 1.36. The lowest BCUT2D eigenvalue weighted by molar-refractivity contribution is -0.149. The maximum absolute atomic E-state index is 11.6. The number of carbonyl (C=O) groups is 2. The lowest BCUT2D eigenvalue weighted by Crippen LogP contribution is -2.42. The molecule has 4 aliphatic rings. The highest BCUT2D eigenvalue weighted by Gasteiger charge is 2.50. The minimum Gasteiger partial charge on any atom is -0.462 e. The largest absolute Gasteiger partial charge is 0.462 e. The van der Waals surface area contributed by atoms with Gasteiger partial charge in [-0.2, -0.15) is 0 Å². The summed E-state index contributed by atoms with van der Waals surface area (Å²) in [7, 11) is 0. The molecule has 0 radical (unpaired) electrons. The Morgan fingerprint density at radius 3 is 2.59 bits per heavy atom. The maximum Gasteiger partial charge on any atom is 0.302 e. The van der Waals surface area contributed by atoms with Crippen LogP contribution in [0.5, 0.6) is 0 Å². The SMILES string of the molecule is CC(=O)O[C@H]1CC[C@H]2[C@H]3CCC4=CC(=O)C=C[C@H]4[C@H]3CC[C@@H]21. The number of ether oxygens (including phenoxy) is 1. The molecule has 6 atom stereocenters. The summed E-state index contributed by atoms with van der Waals surface area (Å²) in [4.78, 5) is 22.9. The van der Waals surface area contributed by atoms with Crippen LogP contribution in [0.4, 0.5) is 0 Å². The van der Waals surface area contributed by atoms with Crippen LogP contribution in [0.1, 0.15) is 45.4 Å². The quantitative estimate of drug-likeness (QED) is 0.697. The van der Waals surface area contributed by atoms with Crippen LogP contribution in [0.3, 0.4) is 0 Å². The van der Waals surface area contributed by atoms with Crippen LogP contribution in [0, 0.1) is 29.6 Å². The van der Waals surface area contributed by atoms with E-state index in [1.807, 2.05) is 6.08 Å². The molecule has 0 unspecified atom stereocenters. The molecular formula is C19H24O3. The van der Waals surface area contributed by atoms with Crippen LogP contribution < -0.4 is 0 Å². The summed E-state index contributed by atoms with van der Waals surface area (Å²) in [6, 6.07) is 0. The van der Waals surface area contributed by atoms with E-state index >= 15 is 0 Å². The second-order valence-corrected chi connectivity index (χ2v) is 7.50. The average molecular weight is 300 g/mol. The predicted molar refractivity (Wildman–Crippen MR) is 82.9 cm³/mol. The van der Waals surface area contributed by atoms with Gasteiger partial charge in [0.15, 0.2) is 5.78 Å². The zero-order valence-electron chi connectivity index (χ0n) is 13.2. The topological polar surface area (TPSA) is 43.4 Å². The first-order valence-corrected chi connectivity index (χ1v) is 8.73. The smallest absolute Gasteiger partial charge is 0.302 e. The summed E-state index contributed by atoms with van der Waals surface area (Å²) < 4.78 is 5.57. The van der Waals surface area contributed by atoms with Gasteiger partial charge in [0.1, 0.15) is 6.10 Å². The van der Waals surface area contributed by atoms with Gasteiger partial charge >= 0.3 is 5.97 Å². The Bertz CT molecular complexity index is 559. The highest BCUT2D eigenvalue weighted by Crippen LogP contribution is 2.56. The molecule has 3 nitrogen and oxygen atoms in total. The van der Waals surface area contributed by atoms with Gasteiger partial charge in [-0.05, 0) is 74.3 Å². The first-order valence-electron chi connectivity index (χ1n) is 8.73. The molecule has 0 spiro atoms. The van der Waals surface area contributed by atoms with Crippen LogP contribution >= 0.6 is 0 Å². The fourth-order valence-corrected chi connectivity index (χ4v) is 5.78. The zero-order valence-corrected chi connectivity index (χ0v) is 13.2. The van der Waals surface area contributed by atoms with E-state index in [1.165, 1.54) is 38.2 Å². The second-order valence-electron chi connectivity index (χ2n) is 7.50. The standard InChI is InChI=1S/C19H24O3/c1-11(20)22-19-9-8-17-16-4-2-12-10-13(21)3-5-14(12)15(16)6-7-18(17)19/h3,5,10,14-19H,2,4,6-9H2,1H3/t14-,15-,16+,17+,18+,19+/m1/s1. The Kier molecular flexibility index (Phi) is 3.47. The van der Waals surface area contributed by atoms with E-state index in [0.29, 0.717) is 17.8 Å². The Hall–Kier alpha value is -1.38. The van der Waals surface area contributed by atoms with Crippen molar-refractivity contribution in [2.24, 2.45) is 29.6 Å². The molecule has 3 saturated carbocycles. The summed E-state index contributed by atoms with van der Waals surface area (Å²) in [5, 5.41) is 0. The molecule has 0 N–H and O–H groups in total. The fraction of sp³-hybridized carbons (Fsp3) is 0.684. The molecule has 3 fully saturated rings. The van der Waals surface area contributed by atoms with Crippen molar-refractivity contribution >= 4 is 11.8 Å². The van der Waals surface area contributed by atoms with Gasteiger partial charge in [0.2, 0.25) is 0 Å². The number of fused-ring (bicyclic) bond motifs is 5. The molecule has 0 saturated heterocycles. The molecule has 0 amide bonds. The molecule has 0 aromatic heterocycles.